The van der Waals surface area contributed by atoms with E-state index in [0.29, 0.717) is 33.1 Å². The number of hydrogen-bond donors (Lipinski definition) is 1. The first kappa shape index (κ1) is 16.5. The van der Waals surface area contributed by atoms with Crippen LogP contribution in [0.15, 0.2) is 23.3 Å². The lowest BCUT2D eigenvalue weighted by atomic mass is 10.2. The highest BCUT2D eigenvalue weighted by atomic mass is 35.5. The van der Waals surface area contributed by atoms with Crippen LogP contribution in [0.25, 0.3) is 0 Å². The van der Waals surface area contributed by atoms with E-state index in [9.17, 15) is 4.79 Å². The van der Waals surface area contributed by atoms with E-state index in [4.69, 9.17) is 16.3 Å². The van der Waals surface area contributed by atoms with E-state index in [-0.39, 0.29) is 5.78 Å². The number of hydrogen-bond acceptors (Lipinski definition) is 6. The Morgan fingerprint density at radius 2 is 2.32 bits per heavy atom. The van der Waals surface area contributed by atoms with Crippen molar-refractivity contribution in [2.24, 2.45) is 5.10 Å². The van der Waals surface area contributed by atoms with Crippen molar-refractivity contribution >= 4 is 40.1 Å². The van der Waals surface area contributed by atoms with Crippen molar-refractivity contribution in [3.8, 4) is 5.75 Å². The molecule has 0 bridgehead atoms. The molecule has 7 heteroatoms. The van der Waals surface area contributed by atoms with Crippen LogP contribution in [0.4, 0.5) is 5.13 Å². The fraction of sp³-hybridized carbons (Fsp3) is 0.267. The number of anilines is 1. The highest BCUT2D eigenvalue weighted by Gasteiger charge is 2.10. The zero-order chi connectivity index (χ0) is 16.1. The summed E-state index contributed by atoms with van der Waals surface area (Å²) in [6, 6.07) is 5.43. The molecular formula is C15H16ClN3O2S. The fourth-order valence-corrected chi connectivity index (χ4v) is 2.86. The summed E-state index contributed by atoms with van der Waals surface area (Å²) in [7, 11) is 0. The first-order valence-corrected chi connectivity index (χ1v) is 7.90. The number of aryl methyl sites for hydroxylation is 1. The molecule has 2 rings (SSSR count). The van der Waals surface area contributed by atoms with Crippen molar-refractivity contribution in [1.29, 1.82) is 0 Å². The van der Waals surface area contributed by atoms with Crippen LogP contribution in [0, 0.1) is 6.92 Å². The summed E-state index contributed by atoms with van der Waals surface area (Å²) < 4.78 is 5.37. The van der Waals surface area contributed by atoms with Gasteiger partial charge in [0.1, 0.15) is 5.75 Å². The van der Waals surface area contributed by atoms with Gasteiger partial charge in [-0.1, -0.05) is 22.9 Å². The standard InChI is InChI=1S/C15H16ClN3O2S/c1-4-21-13-6-5-11(7-12(13)16)8-17-19-15-18-9(2)14(22-15)10(3)20/h5-8H,4H2,1-3H3,(H,18,19)/b17-8-. The number of thiazole rings is 1. The second-order valence-electron chi connectivity index (χ2n) is 4.48. The maximum atomic E-state index is 11.4. The van der Waals surface area contributed by atoms with E-state index < -0.39 is 0 Å². The van der Waals surface area contributed by atoms with Gasteiger partial charge < -0.3 is 4.74 Å². The van der Waals surface area contributed by atoms with Gasteiger partial charge in [-0.25, -0.2) is 4.98 Å². The van der Waals surface area contributed by atoms with Crippen LogP contribution in [0.1, 0.15) is 34.8 Å². The Balaban J connectivity index is 2.05. The van der Waals surface area contributed by atoms with Crippen molar-refractivity contribution in [3.05, 3.63) is 39.4 Å². The molecule has 0 aliphatic heterocycles. The maximum absolute atomic E-state index is 11.4. The molecule has 0 fully saturated rings. The molecule has 1 N–H and O–H groups in total. The average molecular weight is 338 g/mol. The number of Topliss-reactive ketones (excluding diaryl/α,β-unsaturated/α-hetero) is 1. The number of nitrogens with one attached hydrogen (secondary N) is 1. The Morgan fingerprint density at radius 3 is 2.91 bits per heavy atom. The number of ether oxygens (including phenoxy) is 1. The molecule has 1 aromatic carbocycles. The SMILES string of the molecule is CCOc1ccc(/C=N\Nc2nc(C)c(C(C)=O)s2)cc1Cl. The van der Waals surface area contributed by atoms with Gasteiger partial charge in [-0.05, 0) is 37.6 Å². The van der Waals surface area contributed by atoms with Gasteiger partial charge in [0.25, 0.3) is 0 Å². The van der Waals surface area contributed by atoms with Crippen LogP contribution in [-0.2, 0) is 0 Å². The first-order valence-electron chi connectivity index (χ1n) is 6.71. The summed E-state index contributed by atoms with van der Waals surface area (Å²) in [5.41, 5.74) is 4.36. The van der Waals surface area contributed by atoms with Crippen molar-refractivity contribution in [2.45, 2.75) is 20.8 Å². The average Bonchev–Trinajstić information content (AvgIpc) is 2.83. The second-order valence-corrected chi connectivity index (χ2v) is 5.89. The molecular weight excluding hydrogens is 322 g/mol. The summed E-state index contributed by atoms with van der Waals surface area (Å²) in [4.78, 5) is 16.3. The van der Waals surface area contributed by atoms with Gasteiger partial charge in [-0.15, -0.1) is 0 Å². The minimum absolute atomic E-state index is 0.00493. The number of ketones is 1. The second kappa shape index (κ2) is 7.38. The van der Waals surface area contributed by atoms with Crippen molar-refractivity contribution in [1.82, 2.24) is 4.98 Å². The lowest BCUT2D eigenvalue weighted by Crippen LogP contribution is -1.94. The molecule has 0 spiro atoms. The first-order chi connectivity index (χ1) is 10.5. The third-order valence-corrected chi connectivity index (χ3v) is 4.20. The number of hydrazone groups is 1. The molecule has 0 aliphatic carbocycles. The van der Waals surface area contributed by atoms with Gasteiger partial charge in [0, 0.05) is 6.92 Å². The van der Waals surface area contributed by atoms with Crippen LogP contribution < -0.4 is 10.2 Å². The molecule has 0 atom stereocenters. The highest BCUT2D eigenvalue weighted by molar-refractivity contribution is 7.17. The minimum Gasteiger partial charge on any atom is -0.492 e. The molecule has 1 heterocycles. The third-order valence-electron chi connectivity index (χ3n) is 2.75. The smallest absolute Gasteiger partial charge is 0.204 e. The van der Waals surface area contributed by atoms with Gasteiger partial charge in [-0.3, -0.25) is 10.2 Å². The van der Waals surface area contributed by atoms with Gasteiger partial charge >= 0.3 is 0 Å². The molecule has 0 saturated heterocycles. The van der Waals surface area contributed by atoms with Crippen LogP contribution in [-0.4, -0.2) is 23.6 Å². The molecule has 116 valence electrons. The van der Waals surface area contributed by atoms with Crippen LogP contribution >= 0.6 is 22.9 Å². The predicted molar refractivity (Wildman–Crippen MR) is 90.7 cm³/mol. The van der Waals surface area contributed by atoms with Gasteiger partial charge in [0.15, 0.2) is 5.78 Å². The number of benzene rings is 1. The topological polar surface area (TPSA) is 63.6 Å². The highest BCUT2D eigenvalue weighted by Crippen LogP contribution is 2.25. The van der Waals surface area contributed by atoms with Crippen molar-refractivity contribution in [3.63, 3.8) is 0 Å². The van der Waals surface area contributed by atoms with E-state index >= 15 is 0 Å². The number of carbonyl (C=O) groups is 1. The van der Waals surface area contributed by atoms with Crippen molar-refractivity contribution < 1.29 is 9.53 Å². The molecule has 0 amide bonds. The lowest BCUT2D eigenvalue weighted by Gasteiger charge is -2.05. The molecule has 0 saturated carbocycles. The van der Waals surface area contributed by atoms with Crippen LogP contribution in [0.2, 0.25) is 5.02 Å². The molecule has 1 aromatic heterocycles. The van der Waals surface area contributed by atoms with Gasteiger partial charge in [0.2, 0.25) is 5.13 Å². The largest absolute Gasteiger partial charge is 0.492 e. The lowest BCUT2D eigenvalue weighted by molar-refractivity contribution is 0.102. The van der Waals surface area contributed by atoms with Gasteiger partial charge in [0.05, 0.1) is 28.4 Å². The van der Waals surface area contributed by atoms with E-state index in [1.807, 2.05) is 13.0 Å². The zero-order valence-electron chi connectivity index (χ0n) is 12.5. The Kier molecular flexibility index (Phi) is 5.51. The number of halogens is 1. The number of carbonyl (C=O) groups excluding carboxylic acids is 1. The summed E-state index contributed by atoms with van der Waals surface area (Å²) >= 11 is 7.39. The Bertz CT molecular complexity index is 713. The monoisotopic (exact) mass is 337 g/mol. The molecule has 5 nitrogen and oxygen atoms in total. The predicted octanol–water partition coefficient (Wildman–Crippen LogP) is 4.15. The summed E-state index contributed by atoms with van der Waals surface area (Å²) in [6.45, 7) is 5.79. The molecule has 0 aliphatic rings. The molecule has 0 unspecified atom stereocenters. The summed E-state index contributed by atoms with van der Waals surface area (Å²) in [5.74, 6) is 0.654. The maximum Gasteiger partial charge on any atom is 0.204 e. The Morgan fingerprint density at radius 1 is 1.55 bits per heavy atom. The Labute approximate surface area is 138 Å². The van der Waals surface area contributed by atoms with Gasteiger partial charge in [-0.2, -0.15) is 5.10 Å². The van der Waals surface area contributed by atoms with E-state index in [1.54, 1.807) is 25.3 Å². The van der Waals surface area contributed by atoms with Crippen LogP contribution in [0.3, 0.4) is 0 Å². The zero-order valence-corrected chi connectivity index (χ0v) is 14.1. The van der Waals surface area contributed by atoms with Crippen LogP contribution in [0.5, 0.6) is 5.75 Å². The summed E-state index contributed by atoms with van der Waals surface area (Å²) in [5, 5.41) is 5.22. The van der Waals surface area contributed by atoms with E-state index in [2.05, 4.69) is 15.5 Å². The van der Waals surface area contributed by atoms with Crippen molar-refractivity contribution in [2.75, 3.05) is 12.0 Å². The number of nitrogens with zero attached hydrogens (tertiary/aromatic N) is 2. The quantitative estimate of drug-likeness (QED) is 0.488. The molecule has 22 heavy (non-hydrogen) atoms. The fourth-order valence-electron chi connectivity index (χ4n) is 1.80. The van der Waals surface area contributed by atoms with E-state index in [1.165, 1.54) is 18.3 Å². The third kappa shape index (κ3) is 4.05. The Hall–Kier alpha value is -1.92. The number of aromatic nitrogens is 1. The normalized spacial score (nSPS) is 10.9. The minimum atomic E-state index is 0.00493. The molecule has 0 radical (unpaired) electrons. The molecule has 2 aromatic rings. The summed E-state index contributed by atoms with van der Waals surface area (Å²) in [6.07, 6.45) is 1.63. The van der Waals surface area contributed by atoms with E-state index in [0.717, 1.165) is 5.56 Å². The number of rotatable bonds is 6.